The lowest BCUT2D eigenvalue weighted by atomic mass is 10.0. The molecule has 0 bridgehead atoms. The normalized spacial score (nSPS) is 11.8. The van der Waals surface area contributed by atoms with Crippen molar-refractivity contribution in [1.29, 1.82) is 0 Å². The molecular formula is C37H32N4O4S. The molecule has 0 aliphatic rings. The molecule has 0 radical (unpaired) electrons. The summed E-state index contributed by atoms with van der Waals surface area (Å²) in [6, 6.07) is 36.7. The molecule has 1 aromatic heterocycles. The van der Waals surface area contributed by atoms with E-state index in [1.54, 1.807) is 62.8 Å². The summed E-state index contributed by atoms with van der Waals surface area (Å²) < 4.78 is 37.3. The molecule has 5 aromatic carbocycles. The molecule has 0 spiro atoms. The third-order valence-corrected chi connectivity index (χ3v) is 9.46. The summed E-state index contributed by atoms with van der Waals surface area (Å²) in [6.45, 7) is 1.91. The summed E-state index contributed by atoms with van der Waals surface area (Å²) in [4.78, 5) is 5.03. The van der Waals surface area contributed by atoms with E-state index in [-0.39, 0.29) is 9.79 Å². The molecule has 1 heterocycles. The van der Waals surface area contributed by atoms with Gasteiger partial charge in [0.05, 0.1) is 35.4 Å². The van der Waals surface area contributed by atoms with E-state index >= 15 is 0 Å². The van der Waals surface area contributed by atoms with Crippen molar-refractivity contribution in [2.24, 2.45) is 4.99 Å². The zero-order chi connectivity index (χ0) is 32.1. The third-order valence-electron chi connectivity index (χ3n) is 7.67. The number of sulfone groups is 1. The number of rotatable bonds is 10. The topological polar surface area (TPSA) is 103 Å². The van der Waals surface area contributed by atoms with Crippen molar-refractivity contribution in [3.63, 3.8) is 0 Å². The minimum atomic E-state index is -3.73. The molecule has 0 fully saturated rings. The van der Waals surface area contributed by atoms with Crippen LogP contribution in [0.1, 0.15) is 23.7 Å². The molecule has 0 unspecified atom stereocenters. The molecule has 0 atom stereocenters. The highest BCUT2D eigenvalue weighted by Gasteiger charge is 2.18. The van der Waals surface area contributed by atoms with Gasteiger partial charge in [0.1, 0.15) is 11.5 Å². The van der Waals surface area contributed by atoms with Gasteiger partial charge in [0.15, 0.2) is 5.82 Å². The van der Waals surface area contributed by atoms with Crippen molar-refractivity contribution in [2.45, 2.75) is 23.1 Å². The Morgan fingerprint density at radius 2 is 1.26 bits per heavy atom. The number of benzene rings is 5. The fraction of sp³-hybridized carbons (Fsp3) is 0.108. The van der Waals surface area contributed by atoms with Crippen LogP contribution in [-0.4, -0.2) is 38.5 Å². The van der Waals surface area contributed by atoms with E-state index in [1.807, 2.05) is 79.7 Å². The molecule has 230 valence electrons. The Kier molecular flexibility index (Phi) is 8.76. The fourth-order valence-corrected chi connectivity index (χ4v) is 6.36. The van der Waals surface area contributed by atoms with Crippen LogP contribution in [0.2, 0.25) is 0 Å². The minimum absolute atomic E-state index is 0.189. The van der Waals surface area contributed by atoms with Crippen molar-refractivity contribution < 1.29 is 17.9 Å². The largest absolute Gasteiger partial charge is 0.497 e. The smallest absolute Gasteiger partial charge is 0.206 e. The van der Waals surface area contributed by atoms with Gasteiger partial charge in [-0.2, -0.15) is 5.10 Å². The van der Waals surface area contributed by atoms with Crippen LogP contribution in [0.25, 0.3) is 10.8 Å². The Morgan fingerprint density at radius 3 is 1.87 bits per heavy atom. The summed E-state index contributed by atoms with van der Waals surface area (Å²) in [5, 5.41) is 14.2. The van der Waals surface area contributed by atoms with Crippen LogP contribution in [0.15, 0.2) is 136 Å². The second-order valence-corrected chi connectivity index (χ2v) is 12.6. The van der Waals surface area contributed by atoms with Gasteiger partial charge < -0.3 is 14.8 Å². The lowest BCUT2D eigenvalue weighted by molar-refractivity contribution is 0.414. The number of aliphatic imine (C=N–C) groups is 1. The number of aromatic nitrogens is 2. The number of fused-ring (bicyclic) bond motifs is 1. The van der Waals surface area contributed by atoms with E-state index in [0.29, 0.717) is 23.6 Å². The summed E-state index contributed by atoms with van der Waals surface area (Å²) >= 11 is 0. The van der Waals surface area contributed by atoms with Gasteiger partial charge in [0.25, 0.3) is 0 Å². The van der Waals surface area contributed by atoms with Crippen LogP contribution in [0.4, 0.5) is 17.2 Å². The fourth-order valence-electron chi connectivity index (χ4n) is 5.10. The van der Waals surface area contributed by atoms with Gasteiger partial charge >= 0.3 is 0 Å². The maximum absolute atomic E-state index is 13.4. The molecule has 6 aromatic rings. The monoisotopic (exact) mass is 628 g/mol. The molecule has 0 aliphatic carbocycles. The quantitative estimate of drug-likeness (QED) is 0.154. The van der Waals surface area contributed by atoms with Crippen molar-refractivity contribution in [1.82, 2.24) is 10.2 Å². The summed E-state index contributed by atoms with van der Waals surface area (Å²) in [6.07, 6.45) is 0.625. The highest BCUT2D eigenvalue weighted by atomic mass is 32.2. The van der Waals surface area contributed by atoms with Crippen LogP contribution in [0.5, 0.6) is 11.5 Å². The first-order valence-corrected chi connectivity index (χ1v) is 16.1. The van der Waals surface area contributed by atoms with Gasteiger partial charge in [0, 0.05) is 28.6 Å². The average Bonchev–Trinajstić information content (AvgIpc) is 3.10. The molecule has 0 aliphatic heterocycles. The zero-order valence-electron chi connectivity index (χ0n) is 25.6. The molecule has 8 nitrogen and oxygen atoms in total. The van der Waals surface area contributed by atoms with Crippen molar-refractivity contribution in [3.05, 3.63) is 138 Å². The SMILES string of the molecule is COc1ccc(Cc2nnc(Nc3ccc(S(=O)(=O)c4ccc(N=C(C)c5ccc(OC)cc5)cc4)cc3)c3ccccc23)cc1. The highest BCUT2D eigenvalue weighted by molar-refractivity contribution is 7.91. The summed E-state index contributed by atoms with van der Waals surface area (Å²) in [5.74, 6) is 2.16. The van der Waals surface area contributed by atoms with E-state index < -0.39 is 9.84 Å². The number of anilines is 2. The maximum Gasteiger partial charge on any atom is 0.206 e. The van der Waals surface area contributed by atoms with E-state index in [4.69, 9.17) is 9.47 Å². The molecule has 9 heteroatoms. The number of ether oxygens (including phenoxy) is 2. The van der Waals surface area contributed by atoms with Crippen LogP contribution in [0, 0.1) is 0 Å². The Labute approximate surface area is 268 Å². The first-order chi connectivity index (χ1) is 22.3. The van der Waals surface area contributed by atoms with Gasteiger partial charge in [-0.3, -0.25) is 4.99 Å². The lowest BCUT2D eigenvalue weighted by Gasteiger charge is -2.12. The summed E-state index contributed by atoms with van der Waals surface area (Å²) in [7, 11) is -0.463. The molecule has 46 heavy (non-hydrogen) atoms. The van der Waals surface area contributed by atoms with Crippen molar-refractivity contribution in [3.8, 4) is 11.5 Å². The molecule has 0 saturated heterocycles. The highest BCUT2D eigenvalue weighted by Crippen LogP contribution is 2.29. The van der Waals surface area contributed by atoms with Gasteiger partial charge in [-0.25, -0.2) is 8.42 Å². The zero-order valence-corrected chi connectivity index (χ0v) is 26.5. The predicted octanol–water partition coefficient (Wildman–Crippen LogP) is 7.95. The molecular weight excluding hydrogens is 596 g/mol. The Morgan fingerprint density at radius 1 is 0.696 bits per heavy atom. The first kappa shape index (κ1) is 30.5. The van der Waals surface area contributed by atoms with Gasteiger partial charge in [-0.15, -0.1) is 5.10 Å². The van der Waals surface area contributed by atoms with Gasteiger partial charge in [-0.05, 0) is 103 Å². The van der Waals surface area contributed by atoms with Crippen LogP contribution in [-0.2, 0) is 16.3 Å². The molecule has 0 saturated carbocycles. The number of nitrogens with zero attached hydrogens (tertiary/aromatic N) is 3. The van der Waals surface area contributed by atoms with Crippen LogP contribution < -0.4 is 14.8 Å². The molecule has 1 N–H and O–H groups in total. The first-order valence-electron chi connectivity index (χ1n) is 14.6. The molecule has 6 rings (SSSR count). The lowest BCUT2D eigenvalue weighted by Crippen LogP contribution is -2.03. The Balaban J connectivity index is 1.17. The van der Waals surface area contributed by atoms with E-state index in [0.717, 1.165) is 44.8 Å². The van der Waals surface area contributed by atoms with Crippen LogP contribution >= 0.6 is 0 Å². The minimum Gasteiger partial charge on any atom is -0.497 e. The number of methoxy groups -OCH3 is 2. The third kappa shape index (κ3) is 6.60. The van der Waals surface area contributed by atoms with Gasteiger partial charge in [0.2, 0.25) is 9.84 Å². The average molecular weight is 629 g/mol. The second kappa shape index (κ2) is 13.2. The van der Waals surface area contributed by atoms with E-state index in [1.165, 1.54) is 0 Å². The number of hydrogen-bond donors (Lipinski definition) is 1. The van der Waals surface area contributed by atoms with Crippen molar-refractivity contribution in [2.75, 3.05) is 19.5 Å². The number of hydrogen-bond acceptors (Lipinski definition) is 8. The molecule has 0 amide bonds. The Hall–Kier alpha value is -5.54. The standard InChI is InChI=1S/C37H32N4O4S/c1-25(27-10-18-31(45-3)19-11-27)38-28-12-20-32(21-13-28)46(42,43)33-22-14-29(15-23-33)39-37-35-7-5-4-6-34(35)36(40-41-37)24-26-8-16-30(44-2)17-9-26/h4-23H,24H2,1-3H3,(H,39,41). The van der Waals surface area contributed by atoms with E-state index in [2.05, 4.69) is 20.5 Å². The number of nitrogens with one attached hydrogen (secondary N) is 1. The second-order valence-electron chi connectivity index (χ2n) is 10.6. The van der Waals surface area contributed by atoms with Gasteiger partial charge in [-0.1, -0.05) is 36.4 Å². The summed E-state index contributed by atoms with van der Waals surface area (Å²) in [5.41, 5.74) is 5.08. The maximum atomic E-state index is 13.4. The van der Waals surface area contributed by atoms with Crippen molar-refractivity contribution >= 4 is 43.5 Å². The Bertz CT molecular complexity index is 2110. The predicted molar refractivity (Wildman–Crippen MR) is 182 cm³/mol. The van der Waals surface area contributed by atoms with E-state index in [9.17, 15) is 8.42 Å². The van der Waals surface area contributed by atoms with Crippen LogP contribution in [0.3, 0.4) is 0 Å².